The maximum absolute atomic E-state index is 10.9. The number of amides is 1. The monoisotopic (exact) mass is 209 g/mol. The molecule has 0 aromatic carbocycles. The molecule has 3 nitrogen and oxygen atoms in total. The minimum Gasteiger partial charge on any atom is -0.355 e. The third-order valence-electron chi connectivity index (χ3n) is 1.20. The molecule has 0 rings (SSSR count). The summed E-state index contributed by atoms with van der Waals surface area (Å²) >= 11 is 5.33. The predicted octanol–water partition coefficient (Wildman–Crippen LogP) is 1.11. The Morgan fingerprint density at radius 1 is 1.75 bits per heavy atom. The van der Waals surface area contributed by atoms with Crippen molar-refractivity contribution in [1.82, 2.24) is 5.32 Å². The van der Waals surface area contributed by atoms with Crippen LogP contribution in [0.15, 0.2) is 0 Å². The van der Waals surface area contributed by atoms with Crippen molar-refractivity contribution in [2.75, 3.05) is 19.4 Å². The quantitative estimate of drug-likeness (QED) is 0.391. The zero-order valence-corrected chi connectivity index (χ0v) is 9.08. The maximum Gasteiger partial charge on any atom is 0.232 e. The Morgan fingerprint density at radius 2 is 2.42 bits per heavy atom. The van der Waals surface area contributed by atoms with E-state index in [2.05, 4.69) is 17.9 Å². The average Bonchev–Trinajstić information content (AvgIpc) is 2.03. The summed E-state index contributed by atoms with van der Waals surface area (Å²) in [5.41, 5.74) is 0. The van der Waals surface area contributed by atoms with Gasteiger partial charge in [-0.25, -0.2) is 0 Å². The van der Waals surface area contributed by atoms with Gasteiger partial charge in [-0.05, 0) is 25.4 Å². The van der Waals surface area contributed by atoms with Crippen LogP contribution < -0.4 is 5.32 Å². The Hall–Kier alpha value is 0.130. The van der Waals surface area contributed by atoms with Crippen molar-refractivity contribution >= 4 is 30.6 Å². The summed E-state index contributed by atoms with van der Waals surface area (Å²) in [5, 5.41) is 2.51. The van der Waals surface area contributed by atoms with Gasteiger partial charge in [0.05, 0.1) is 11.9 Å². The van der Waals surface area contributed by atoms with Crippen LogP contribution in [0.25, 0.3) is 0 Å². The van der Waals surface area contributed by atoms with Crippen LogP contribution in [0.4, 0.5) is 0 Å². The molecule has 0 spiro atoms. The molecule has 1 atom stereocenters. The molecule has 0 fully saturated rings. The summed E-state index contributed by atoms with van der Waals surface area (Å²) in [5.74, 6) is -0.0255. The van der Waals surface area contributed by atoms with E-state index in [9.17, 15) is 4.79 Å². The first-order valence-electron chi connectivity index (χ1n) is 3.80. The summed E-state index contributed by atoms with van der Waals surface area (Å²) in [6.45, 7) is 3.07. The van der Waals surface area contributed by atoms with Crippen LogP contribution in [-0.4, -0.2) is 30.6 Å². The fraction of sp³-hybridized carbons (Fsp3) is 0.857. The van der Waals surface area contributed by atoms with Crippen LogP contribution in [0.1, 0.15) is 13.3 Å². The molecule has 0 aromatic rings. The Labute approximate surface area is 83.2 Å². The highest BCUT2D eigenvalue weighted by molar-refractivity contribution is 7.93. The third-order valence-corrected chi connectivity index (χ3v) is 1.84. The highest BCUT2D eigenvalue weighted by Crippen LogP contribution is 1.95. The van der Waals surface area contributed by atoms with E-state index in [0.717, 1.165) is 6.42 Å². The highest BCUT2D eigenvalue weighted by atomic mass is 32.2. The zero-order valence-electron chi connectivity index (χ0n) is 7.37. The molecule has 0 saturated carbocycles. The van der Waals surface area contributed by atoms with E-state index in [4.69, 9.17) is 4.18 Å². The van der Waals surface area contributed by atoms with Gasteiger partial charge in [-0.2, -0.15) is 12.6 Å². The molecular weight excluding hydrogens is 194 g/mol. The van der Waals surface area contributed by atoms with Crippen LogP contribution in [0.2, 0.25) is 0 Å². The van der Waals surface area contributed by atoms with Crippen LogP contribution in [0.3, 0.4) is 0 Å². The Morgan fingerprint density at radius 3 is 2.92 bits per heavy atom. The molecule has 0 radical (unpaired) electrons. The van der Waals surface area contributed by atoms with Crippen molar-refractivity contribution in [3.63, 3.8) is 0 Å². The van der Waals surface area contributed by atoms with Crippen molar-refractivity contribution in [3.8, 4) is 0 Å². The van der Waals surface area contributed by atoms with Crippen LogP contribution in [0.5, 0.6) is 0 Å². The Kier molecular flexibility index (Phi) is 7.85. The molecule has 0 aliphatic carbocycles. The molecule has 0 saturated heterocycles. The molecule has 5 heteroatoms. The van der Waals surface area contributed by atoms with Gasteiger partial charge in [-0.3, -0.25) is 4.79 Å². The van der Waals surface area contributed by atoms with Gasteiger partial charge in [0.1, 0.15) is 0 Å². The fourth-order valence-electron chi connectivity index (χ4n) is 0.574. The summed E-state index contributed by atoms with van der Waals surface area (Å²) < 4.78 is 5.02. The van der Waals surface area contributed by atoms with E-state index in [-0.39, 0.29) is 11.2 Å². The molecule has 0 aromatic heterocycles. The van der Waals surface area contributed by atoms with Crippen molar-refractivity contribution in [2.45, 2.75) is 18.6 Å². The van der Waals surface area contributed by atoms with Crippen molar-refractivity contribution in [3.05, 3.63) is 0 Å². The summed E-state index contributed by atoms with van der Waals surface area (Å²) in [4.78, 5) is 10.9. The fourth-order valence-corrected chi connectivity index (χ4v) is 0.950. The van der Waals surface area contributed by atoms with Gasteiger partial charge in [0, 0.05) is 12.8 Å². The van der Waals surface area contributed by atoms with Gasteiger partial charge in [-0.15, -0.1) is 0 Å². The van der Waals surface area contributed by atoms with Gasteiger partial charge >= 0.3 is 0 Å². The van der Waals surface area contributed by atoms with E-state index in [0.29, 0.717) is 13.2 Å². The minimum atomic E-state index is -0.230. The molecule has 0 aliphatic heterocycles. The average molecular weight is 209 g/mol. The number of carbonyl (C=O) groups excluding carboxylic acids is 1. The van der Waals surface area contributed by atoms with Crippen LogP contribution >= 0.6 is 24.7 Å². The second-order valence-corrected chi connectivity index (χ2v) is 3.65. The molecular formula is C7H15NO2S2. The third kappa shape index (κ3) is 6.82. The normalized spacial score (nSPS) is 12.6. The number of thiol groups is 1. The number of carbonyl (C=O) groups is 1. The number of hydrogen-bond donors (Lipinski definition) is 2. The van der Waals surface area contributed by atoms with E-state index in [1.807, 2.05) is 6.26 Å². The lowest BCUT2D eigenvalue weighted by Gasteiger charge is -2.06. The highest BCUT2D eigenvalue weighted by Gasteiger charge is 2.05. The van der Waals surface area contributed by atoms with Gasteiger partial charge < -0.3 is 9.50 Å². The van der Waals surface area contributed by atoms with Crippen LogP contribution in [0, 0.1) is 0 Å². The molecule has 1 amide bonds. The first-order chi connectivity index (χ1) is 5.68. The molecule has 1 unspecified atom stereocenters. The van der Waals surface area contributed by atoms with E-state index in [1.165, 1.54) is 12.0 Å². The molecule has 0 aliphatic rings. The number of hydrogen-bond acceptors (Lipinski definition) is 4. The largest absolute Gasteiger partial charge is 0.355 e. The van der Waals surface area contributed by atoms with Crippen molar-refractivity contribution < 1.29 is 8.98 Å². The summed E-state index contributed by atoms with van der Waals surface area (Å²) in [7, 11) is 0. The lowest BCUT2D eigenvalue weighted by atomic mass is 10.4. The number of nitrogens with one attached hydrogen (secondary N) is 1. The zero-order chi connectivity index (χ0) is 9.40. The second kappa shape index (κ2) is 7.76. The Bertz CT molecular complexity index is 131. The standard InChI is InChI=1S/C7H15NO2S2/c1-6(11)7(9)8-4-3-5-10-12-2/h6,11H,3-5H2,1-2H3,(H,8,9). The van der Waals surface area contributed by atoms with E-state index >= 15 is 0 Å². The maximum atomic E-state index is 10.9. The Balaban J connectivity index is 3.14. The van der Waals surface area contributed by atoms with Gasteiger partial charge in [0.25, 0.3) is 0 Å². The lowest BCUT2D eigenvalue weighted by molar-refractivity contribution is -0.120. The van der Waals surface area contributed by atoms with Gasteiger partial charge in [0.2, 0.25) is 5.91 Å². The van der Waals surface area contributed by atoms with E-state index < -0.39 is 0 Å². The molecule has 12 heavy (non-hydrogen) atoms. The van der Waals surface area contributed by atoms with Crippen LogP contribution in [-0.2, 0) is 8.98 Å². The first-order valence-corrected chi connectivity index (χ1v) is 5.46. The van der Waals surface area contributed by atoms with Gasteiger partial charge in [0.15, 0.2) is 0 Å². The first kappa shape index (κ1) is 12.1. The summed E-state index contributed by atoms with van der Waals surface area (Å²) in [6.07, 6.45) is 2.71. The molecule has 1 N–H and O–H groups in total. The van der Waals surface area contributed by atoms with Crippen molar-refractivity contribution in [1.29, 1.82) is 0 Å². The number of rotatable bonds is 6. The molecule has 72 valence electrons. The smallest absolute Gasteiger partial charge is 0.232 e. The minimum absolute atomic E-state index is 0.0255. The molecule has 0 bridgehead atoms. The lowest BCUT2D eigenvalue weighted by Crippen LogP contribution is -2.30. The molecule has 0 heterocycles. The predicted molar refractivity (Wildman–Crippen MR) is 55.5 cm³/mol. The van der Waals surface area contributed by atoms with E-state index in [1.54, 1.807) is 6.92 Å². The summed E-state index contributed by atoms with van der Waals surface area (Å²) in [6, 6.07) is 0. The second-order valence-electron chi connectivity index (χ2n) is 2.31. The topological polar surface area (TPSA) is 38.3 Å². The van der Waals surface area contributed by atoms with Gasteiger partial charge in [-0.1, -0.05) is 0 Å². The SMILES string of the molecule is CSOCCCNC(=O)C(C)S. The van der Waals surface area contributed by atoms with Crippen molar-refractivity contribution in [2.24, 2.45) is 0 Å².